The molecule has 1 aromatic carbocycles. The first-order valence-electron chi connectivity index (χ1n) is 4.06. The number of hydrogen-bond acceptors (Lipinski definition) is 4. The Morgan fingerprint density at radius 3 is 2.27 bits per heavy atom. The molecule has 0 saturated heterocycles. The predicted octanol–water partition coefficient (Wildman–Crippen LogP) is 1.93. The molecule has 0 saturated carbocycles. The van der Waals surface area contributed by atoms with Crippen LogP contribution in [-0.4, -0.2) is 17.1 Å². The molecule has 0 radical (unpaired) electrons. The molecular formula is C9H11MoNO2S2. The van der Waals surface area contributed by atoms with Crippen molar-refractivity contribution in [1.82, 2.24) is 0 Å². The zero-order valence-electron chi connectivity index (χ0n) is 7.83. The van der Waals surface area contributed by atoms with Gasteiger partial charge >= 0.3 is 40.5 Å². The van der Waals surface area contributed by atoms with Crippen LogP contribution in [0.5, 0.6) is 0 Å². The minimum atomic E-state index is -0.959. The van der Waals surface area contributed by atoms with Gasteiger partial charge in [0.05, 0.1) is 0 Å². The summed E-state index contributed by atoms with van der Waals surface area (Å²) in [7, 11) is 8.68. The van der Waals surface area contributed by atoms with E-state index >= 15 is 0 Å². The molecule has 0 amide bonds. The number of carboxylic acids is 1. The molecule has 0 spiro atoms. The van der Waals surface area contributed by atoms with Crippen LogP contribution in [0.2, 0.25) is 0 Å². The summed E-state index contributed by atoms with van der Waals surface area (Å²) in [5.41, 5.74) is 6.30. The van der Waals surface area contributed by atoms with Gasteiger partial charge in [-0.05, 0) is 12.0 Å². The van der Waals surface area contributed by atoms with Gasteiger partial charge in [-0.15, -0.1) is 0 Å². The van der Waals surface area contributed by atoms with E-state index in [1.54, 1.807) is 0 Å². The Labute approximate surface area is 104 Å². The molecular weight excluding hydrogens is 314 g/mol. The van der Waals surface area contributed by atoms with Crippen molar-refractivity contribution in [2.45, 2.75) is 12.5 Å². The summed E-state index contributed by atoms with van der Waals surface area (Å²) in [4.78, 5) is 10.4. The third-order valence-electron chi connectivity index (χ3n) is 1.62. The molecule has 0 aromatic heterocycles. The van der Waals surface area contributed by atoms with Gasteiger partial charge in [0.15, 0.2) is 0 Å². The Morgan fingerprint density at radius 2 is 1.87 bits per heavy atom. The maximum atomic E-state index is 10.4. The molecule has 0 aliphatic rings. The number of carboxylic acid groups (broad SMARTS) is 1. The van der Waals surface area contributed by atoms with E-state index in [0.29, 0.717) is 6.42 Å². The van der Waals surface area contributed by atoms with Crippen molar-refractivity contribution in [3.05, 3.63) is 35.9 Å². The summed E-state index contributed by atoms with van der Waals surface area (Å²) in [5.74, 6) is -0.959. The average molecular weight is 325 g/mol. The van der Waals surface area contributed by atoms with Gasteiger partial charge in [-0.25, -0.2) is 0 Å². The Balaban J connectivity index is 0.000000583. The van der Waals surface area contributed by atoms with Crippen molar-refractivity contribution < 1.29 is 24.8 Å². The average Bonchev–Trinajstić information content (AvgIpc) is 2.20. The molecule has 1 rings (SSSR count). The summed E-state index contributed by atoms with van der Waals surface area (Å²) in [6.07, 6.45) is 0.385. The van der Waals surface area contributed by atoms with Crippen molar-refractivity contribution in [3.63, 3.8) is 0 Å². The van der Waals surface area contributed by atoms with E-state index in [9.17, 15) is 4.79 Å². The summed E-state index contributed by atoms with van der Waals surface area (Å²) in [6, 6.07) is 8.54. The number of hydrogen-bond donors (Lipinski definition) is 2. The van der Waals surface area contributed by atoms with Crippen LogP contribution in [0.15, 0.2) is 30.3 Å². The molecule has 0 fully saturated rings. The van der Waals surface area contributed by atoms with Gasteiger partial charge in [0, 0.05) is 0 Å². The Bertz CT molecular complexity index is 339. The molecule has 1 aromatic rings. The van der Waals surface area contributed by atoms with E-state index in [4.69, 9.17) is 10.8 Å². The molecule has 3 nitrogen and oxygen atoms in total. The van der Waals surface area contributed by atoms with E-state index in [2.05, 4.69) is 19.6 Å². The van der Waals surface area contributed by atoms with Crippen LogP contribution in [0.25, 0.3) is 0 Å². The molecule has 0 aliphatic carbocycles. The van der Waals surface area contributed by atoms with E-state index in [-0.39, 0.29) is 14.9 Å². The molecule has 15 heavy (non-hydrogen) atoms. The monoisotopic (exact) mass is 327 g/mol. The number of benzene rings is 1. The van der Waals surface area contributed by atoms with Gasteiger partial charge < -0.3 is 10.8 Å². The molecule has 3 N–H and O–H groups in total. The summed E-state index contributed by atoms with van der Waals surface area (Å²) in [6.45, 7) is 0. The molecule has 0 heterocycles. The molecule has 0 aliphatic heterocycles. The Hall–Kier alpha value is -0.222. The zero-order chi connectivity index (χ0) is 11.7. The van der Waals surface area contributed by atoms with E-state index in [1.165, 1.54) is 0 Å². The summed E-state index contributed by atoms with van der Waals surface area (Å²) < 4.78 is 0. The van der Waals surface area contributed by atoms with Crippen LogP contribution >= 0.6 is 19.6 Å². The normalized spacial score (nSPS) is 10.7. The van der Waals surface area contributed by atoms with Crippen molar-refractivity contribution >= 4 is 25.6 Å². The third-order valence-corrected chi connectivity index (χ3v) is 1.62. The first-order chi connectivity index (χ1) is 7.11. The first-order valence-corrected chi connectivity index (χ1v) is 9.64. The fraction of sp³-hybridized carbons (Fsp3) is 0.222. The van der Waals surface area contributed by atoms with Gasteiger partial charge in [0.1, 0.15) is 6.04 Å². The van der Waals surface area contributed by atoms with E-state index in [1.807, 2.05) is 30.3 Å². The van der Waals surface area contributed by atoms with Gasteiger partial charge in [0.2, 0.25) is 0 Å². The molecule has 1 atom stereocenters. The van der Waals surface area contributed by atoms with Gasteiger partial charge in [-0.1, -0.05) is 30.3 Å². The SMILES string of the molecule is N[C@@H](Cc1ccccc1)C(=O)O.[S]=[Mo]=[S]. The molecule has 6 heteroatoms. The van der Waals surface area contributed by atoms with E-state index in [0.717, 1.165) is 5.56 Å². The second-order valence-corrected chi connectivity index (χ2v) is 6.26. The van der Waals surface area contributed by atoms with Crippen LogP contribution in [0.3, 0.4) is 0 Å². The fourth-order valence-electron chi connectivity index (χ4n) is 0.955. The predicted molar refractivity (Wildman–Crippen MR) is 60.9 cm³/mol. The quantitative estimate of drug-likeness (QED) is 0.832. The topological polar surface area (TPSA) is 63.3 Å². The van der Waals surface area contributed by atoms with Crippen LogP contribution < -0.4 is 5.73 Å². The van der Waals surface area contributed by atoms with Crippen LogP contribution in [-0.2, 0) is 26.1 Å². The van der Waals surface area contributed by atoms with Crippen molar-refractivity contribution in [3.8, 4) is 0 Å². The van der Waals surface area contributed by atoms with Gasteiger partial charge in [0.25, 0.3) is 0 Å². The zero-order valence-corrected chi connectivity index (χ0v) is 11.5. The van der Waals surface area contributed by atoms with Crippen molar-refractivity contribution in [2.75, 3.05) is 0 Å². The number of nitrogens with two attached hydrogens (primary N) is 1. The van der Waals surface area contributed by atoms with Crippen LogP contribution in [0, 0.1) is 0 Å². The number of carbonyl (C=O) groups is 1. The van der Waals surface area contributed by atoms with E-state index < -0.39 is 12.0 Å². The summed E-state index contributed by atoms with van der Waals surface area (Å²) >= 11 is -0.363. The Morgan fingerprint density at radius 1 is 1.40 bits per heavy atom. The van der Waals surface area contributed by atoms with Crippen LogP contribution in [0.1, 0.15) is 5.56 Å². The molecule has 82 valence electrons. The molecule has 0 bridgehead atoms. The second-order valence-electron chi connectivity index (χ2n) is 2.70. The Kier molecular flexibility index (Phi) is 8.90. The standard InChI is InChI=1S/C9H11NO2.Mo.2S/c10-8(9(11)12)6-7-4-2-1-3-5-7;;;/h1-5,8H,6,10H2,(H,11,12);;;/t8-;;;/m0.../s1. The van der Waals surface area contributed by atoms with Crippen molar-refractivity contribution in [2.24, 2.45) is 5.73 Å². The third kappa shape index (κ3) is 7.68. The van der Waals surface area contributed by atoms with Gasteiger partial charge in [-0.3, -0.25) is 4.79 Å². The second kappa shape index (κ2) is 9.04. The maximum absolute atomic E-state index is 10.4. The molecule has 0 unspecified atom stereocenters. The van der Waals surface area contributed by atoms with Gasteiger partial charge in [-0.2, -0.15) is 0 Å². The van der Waals surface area contributed by atoms with Crippen molar-refractivity contribution in [1.29, 1.82) is 0 Å². The number of aliphatic carboxylic acids is 1. The minimum absolute atomic E-state index is 0.363. The number of rotatable bonds is 3. The fourth-order valence-corrected chi connectivity index (χ4v) is 0.955. The first kappa shape index (κ1) is 14.8. The van der Waals surface area contributed by atoms with Crippen LogP contribution in [0.4, 0.5) is 0 Å². The summed E-state index contributed by atoms with van der Waals surface area (Å²) in [5, 5.41) is 8.52.